The van der Waals surface area contributed by atoms with Crippen LogP contribution in [0, 0.1) is 24.2 Å². The summed E-state index contributed by atoms with van der Waals surface area (Å²) in [6.07, 6.45) is 2.35. The van der Waals surface area contributed by atoms with Gasteiger partial charge in [-0.15, -0.1) is 11.3 Å². The number of Topliss-reactive ketones (excluding diaryl/α,β-unsaturated/α-hetero) is 1. The minimum absolute atomic E-state index is 0.0476. The van der Waals surface area contributed by atoms with E-state index < -0.39 is 35.6 Å². The second-order valence-corrected chi connectivity index (χ2v) is 11.9. The molecule has 0 amide bonds. The van der Waals surface area contributed by atoms with Crippen molar-refractivity contribution in [2.75, 3.05) is 0 Å². The van der Waals surface area contributed by atoms with Gasteiger partial charge in [0.2, 0.25) is 0 Å². The van der Waals surface area contributed by atoms with Crippen molar-refractivity contribution in [3.05, 3.63) is 40.4 Å². The van der Waals surface area contributed by atoms with Crippen LogP contribution in [0.25, 0.3) is 10.2 Å². The summed E-state index contributed by atoms with van der Waals surface area (Å²) in [5.41, 5.74) is 1.73. The van der Waals surface area contributed by atoms with E-state index in [4.69, 9.17) is 4.74 Å². The van der Waals surface area contributed by atoms with Crippen molar-refractivity contribution in [1.29, 1.82) is 0 Å². The normalized spacial score (nSPS) is 29.6. The summed E-state index contributed by atoms with van der Waals surface area (Å²) in [5.74, 6) is -1.50. The molecule has 35 heavy (non-hydrogen) atoms. The zero-order chi connectivity index (χ0) is 25.9. The molecule has 2 aromatic rings. The Bertz CT molecular complexity index is 1090. The molecule has 0 spiro atoms. The first-order chi connectivity index (χ1) is 16.4. The van der Waals surface area contributed by atoms with Gasteiger partial charge in [-0.3, -0.25) is 9.59 Å². The summed E-state index contributed by atoms with van der Waals surface area (Å²) in [6, 6.07) is 5.93. The quantitative estimate of drug-likeness (QED) is 0.385. The highest BCUT2D eigenvalue weighted by Crippen LogP contribution is 2.34. The van der Waals surface area contributed by atoms with Crippen molar-refractivity contribution < 1.29 is 24.5 Å². The van der Waals surface area contributed by atoms with Crippen LogP contribution in [0.4, 0.5) is 0 Å². The van der Waals surface area contributed by atoms with Gasteiger partial charge in [0.1, 0.15) is 11.9 Å². The second kappa shape index (κ2) is 11.3. The topological polar surface area (TPSA) is 96.7 Å². The largest absolute Gasteiger partial charge is 0.457 e. The van der Waals surface area contributed by atoms with Crippen molar-refractivity contribution in [3.8, 4) is 0 Å². The fourth-order valence-electron chi connectivity index (χ4n) is 4.81. The molecule has 0 saturated carbocycles. The highest BCUT2D eigenvalue weighted by atomic mass is 32.1. The highest BCUT2D eigenvalue weighted by molar-refractivity contribution is 7.18. The molecule has 0 bridgehead atoms. The Kier molecular flexibility index (Phi) is 8.89. The molecule has 0 radical (unpaired) electrons. The number of hydrogen-bond donors (Lipinski definition) is 2. The van der Waals surface area contributed by atoms with Gasteiger partial charge < -0.3 is 14.9 Å². The third kappa shape index (κ3) is 6.57. The number of hydrogen-bond acceptors (Lipinski definition) is 7. The summed E-state index contributed by atoms with van der Waals surface area (Å²) in [7, 11) is 0. The Hall–Kier alpha value is -2.09. The Morgan fingerprint density at radius 3 is 2.57 bits per heavy atom. The van der Waals surface area contributed by atoms with E-state index in [1.54, 1.807) is 32.1 Å². The summed E-state index contributed by atoms with van der Waals surface area (Å²) in [5, 5.41) is 22.6. The number of thiazole rings is 1. The molecule has 3 unspecified atom stereocenters. The number of benzene rings is 1. The molecule has 0 aliphatic carbocycles. The minimum atomic E-state index is -1.22. The predicted molar refractivity (Wildman–Crippen MR) is 139 cm³/mol. The first-order valence-corrected chi connectivity index (χ1v) is 13.3. The number of ketones is 1. The molecule has 6 nitrogen and oxygen atoms in total. The van der Waals surface area contributed by atoms with Gasteiger partial charge in [0.05, 0.1) is 39.3 Å². The number of ether oxygens (including phenoxy) is 1. The van der Waals surface area contributed by atoms with Crippen molar-refractivity contribution in [3.63, 3.8) is 0 Å². The average Bonchev–Trinajstić information content (AvgIpc) is 3.18. The van der Waals surface area contributed by atoms with E-state index in [-0.39, 0.29) is 18.1 Å². The van der Waals surface area contributed by atoms with Gasteiger partial charge in [-0.25, -0.2) is 4.98 Å². The van der Waals surface area contributed by atoms with Crippen LogP contribution in [-0.2, 0) is 14.3 Å². The third-order valence-electron chi connectivity index (χ3n) is 7.41. The van der Waals surface area contributed by atoms with Crippen LogP contribution in [0.2, 0.25) is 0 Å². The number of cyclic esters (lactones) is 1. The van der Waals surface area contributed by atoms with Gasteiger partial charge in [-0.05, 0) is 56.7 Å². The van der Waals surface area contributed by atoms with Gasteiger partial charge >= 0.3 is 5.97 Å². The zero-order valence-corrected chi connectivity index (χ0v) is 22.5. The zero-order valence-electron chi connectivity index (χ0n) is 21.7. The molecule has 1 aliphatic rings. The standard InChI is InChI=1S/C28H39NO5S/c1-16-8-7-9-17(2)26(32)18(3)27(33)28(5,6)24(30)15-25(31)34-22(12-10-16)20-11-13-23-21(14-20)29-19(4)35-23/h10-11,13-14,17-18,22,24,26,30,32H,7-9,12,15H2,1-6H3/t17?,18?,22-,24?,26-/m0/s1. The minimum Gasteiger partial charge on any atom is -0.457 e. The van der Waals surface area contributed by atoms with Crippen LogP contribution in [0.5, 0.6) is 0 Å². The molecule has 1 aliphatic heterocycles. The lowest BCUT2D eigenvalue weighted by Gasteiger charge is -2.34. The molecule has 1 aromatic heterocycles. The predicted octanol–water partition coefficient (Wildman–Crippen LogP) is 5.69. The maximum Gasteiger partial charge on any atom is 0.309 e. The lowest BCUT2D eigenvalue weighted by Crippen LogP contribution is -2.45. The number of aromatic nitrogens is 1. The molecule has 5 atom stereocenters. The van der Waals surface area contributed by atoms with E-state index >= 15 is 0 Å². The van der Waals surface area contributed by atoms with Crippen molar-refractivity contribution in [1.82, 2.24) is 4.98 Å². The number of aryl methyl sites for hydroxylation is 1. The number of aliphatic hydroxyl groups excluding tert-OH is 2. The smallest absolute Gasteiger partial charge is 0.309 e. The van der Waals surface area contributed by atoms with E-state index in [0.717, 1.165) is 40.1 Å². The third-order valence-corrected chi connectivity index (χ3v) is 8.36. The molecular formula is C28H39NO5S. The monoisotopic (exact) mass is 501 g/mol. The number of rotatable bonds is 1. The van der Waals surface area contributed by atoms with Crippen LogP contribution in [-0.4, -0.2) is 39.2 Å². The van der Waals surface area contributed by atoms with Crippen molar-refractivity contribution in [2.24, 2.45) is 17.3 Å². The number of esters is 1. The fourth-order valence-corrected chi connectivity index (χ4v) is 5.62. The van der Waals surface area contributed by atoms with E-state index in [1.165, 1.54) is 5.57 Å². The average molecular weight is 502 g/mol. The Morgan fingerprint density at radius 1 is 1.14 bits per heavy atom. The van der Waals surface area contributed by atoms with Crippen molar-refractivity contribution in [2.45, 2.75) is 92.0 Å². The lowest BCUT2D eigenvalue weighted by atomic mass is 9.73. The molecule has 192 valence electrons. The first kappa shape index (κ1) is 27.5. The fraction of sp³-hybridized carbons (Fsp3) is 0.607. The number of allylic oxidation sites excluding steroid dienone is 1. The van der Waals surface area contributed by atoms with Crippen LogP contribution in [0.1, 0.15) is 83.4 Å². The maximum absolute atomic E-state index is 13.2. The number of carbonyl (C=O) groups is 2. The Morgan fingerprint density at radius 2 is 1.86 bits per heavy atom. The molecule has 0 saturated heterocycles. The molecule has 3 rings (SSSR count). The van der Waals surface area contributed by atoms with E-state index in [9.17, 15) is 19.8 Å². The highest BCUT2D eigenvalue weighted by Gasteiger charge is 2.42. The van der Waals surface area contributed by atoms with E-state index in [1.807, 2.05) is 32.0 Å². The lowest BCUT2D eigenvalue weighted by molar-refractivity contribution is -0.155. The maximum atomic E-state index is 13.2. The summed E-state index contributed by atoms with van der Waals surface area (Å²) >= 11 is 1.62. The molecular weight excluding hydrogens is 462 g/mol. The number of carbonyl (C=O) groups excluding carboxylic acids is 2. The molecule has 2 heterocycles. The van der Waals surface area contributed by atoms with Crippen LogP contribution >= 0.6 is 11.3 Å². The van der Waals surface area contributed by atoms with Crippen LogP contribution < -0.4 is 0 Å². The molecule has 0 fully saturated rings. The van der Waals surface area contributed by atoms with Gasteiger partial charge in [-0.1, -0.05) is 45.4 Å². The molecule has 7 heteroatoms. The van der Waals surface area contributed by atoms with Crippen LogP contribution in [0.15, 0.2) is 29.8 Å². The van der Waals surface area contributed by atoms with E-state index in [2.05, 4.69) is 18.0 Å². The van der Waals surface area contributed by atoms with Gasteiger partial charge in [-0.2, -0.15) is 0 Å². The van der Waals surface area contributed by atoms with Crippen molar-refractivity contribution >= 4 is 33.3 Å². The van der Waals surface area contributed by atoms with Gasteiger partial charge in [0.25, 0.3) is 0 Å². The Labute approximate surface area is 212 Å². The SMILES string of the molecule is CC1=CC[C@@H](c2ccc3sc(C)nc3c2)OC(=O)CC(O)C(C)(C)C(=O)C(C)[C@@H](O)C(C)CCC1. The van der Waals surface area contributed by atoms with Crippen LogP contribution in [0.3, 0.4) is 0 Å². The summed E-state index contributed by atoms with van der Waals surface area (Å²) in [6.45, 7) is 11.0. The number of fused-ring (bicyclic) bond motifs is 1. The van der Waals surface area contributed by atoms with Gasteiger partial charge in [0.15, 0.2) is 0 Å². The number of aliphatic hydroxyl groups is 2. The summed E-state index contributed by atoms with van der Waals surface area (Å²) < 4.78 is 6.96. The van der Waals surface area contributed by atoms with E-state index in [0.29, 0.717) is 6.42 Å². The second-order valence-electron chi connectivity index (χ2n) is 10.7. The molecule has 1 aromatic carbocycles. The Balaban J connectivity index is 1.91. The summed E-state index contributed by atoms with van der Waals surface area (Å²) in [4.78, 5) is 30.7. The molecule has 2 N–H and O–H groups in total. The first-order valence-electron chi connectivity index (χ1n) is 12.5. The number of nitrogens with zero attached hydrogens (tertiary/aromatic N) is 1. The van der Waals surface area contributed by atoms with Gasteiger partial charge in [0, 0.05) is 12.3 Å².